The van der Waals surface area contributed by atoms with E-state index in [1.54, 1.807) is 0 Å². The number of aliphatic carboxylic acids is 1. The molecule has 0 unspecified atom stereocenters. The number of hydrogen-bond donors (Lipinski definition) is 2. The van der Waals surface area contributed by atoms with Crippen LogP contribution in [0.15, 0.2) is 48.5 Å². The first kappa shape index (κ1) is 27.8. The van der Waals surface area contributed by atoms with Gasteiger partial charge in [-0.2, -0.15) is 11.8 Å². The number of nitrogens with one attached hydrogen (secondary N) is 1. The van der Waals surface area contributed by atoms with Crippen molar-refractivity contribution in [2.75, 3.05) is 23.9 Å². The summed E-state index contributed by atoms with van der Waals surface area (Å²) < 4.78 is 5.80. The van der Waals surface area contributed by atoms with Crippen molar-refractivity contribution in [1.29, 1.82) is 0 Å². The van der Waals surface area contributed by atoms with E-state index in [4.69, 9.17) is 9.84 Å². The van der Waals surface area contributed by atoms with E-state index in [-0.39, 0.29) is 18.9 Å². The van der Waals surface area contributed by atoms with E-state index in [2.05, 4.69) is 11.6 Å². The Morgan fingerprint density at radius 3 is 2.18 bits per heavy atom. The molecule has 34 heavy (non-hydrogen) atoms. The number of ether oxygens (including phenoxy) is 1. The summed E-state index contributed by atoms with van der Waals surface area (Å²) in [5.41, 5.74) is 2.68. The number of rotatable bonds is 18. The topological polar surface area (TPSA) is 75.6 Å². The molecule has 0 saturated carbocycles. The monoisotopic (exact) mass is 485 g/mol. The fourth-order valence-electron chi connectivity index (χ4n) is 3.77. The molecular formula is C28H39NO4S. The van der Waals surface area contributed by atoms with E-state index in [0.29, 0.717) is 24.3 Å². The van der Waals surface area contributed by atoms with Crippen LogP contribution in [0.3, 0.4) is 0 Å². The molecule has 2 N–H and O–H groups in total. The second kappa shape index (κ2) is 17.0. The van der Waals surface area contributed by atoms with Crippen LogP contribution in [0.5, 0.6) is 5.75 Å². The number of carboxylic acids is 1. The number of unbranched alkanes of at least 4 members (excludes halogenated alkanes) is 7. The van der Waals surface area contributed by atoms with Gasteiger partial charge in [0.1, 0.15) is 5.75 Å². The van der Waals surface area contributed by atoms with Gasteiger partial charge in [0, 0.05) is 12.8 Å². The maximum Gasteiger partial charge on any atom is 0.303 e. The van der Waals surface area contributed by atoms with Gasteiger partial charge in [0.05, 0.1) is 12.3 Å². The van der Waals surface area contributed by atoms with Crippen LogP contribution in [-0.4, -0.2) is 35.6 Å². The van der Waals surface area contributed by atoms with E-state index in [0.717, 1.165) is 24.0 Å². The van der Waals surface area contributed by atoms with E-state index in [9.17, 15) is 9.59 Å². The molecule has 0 atom stereocenters. The van der Waals surface area contributed by atoms with Crippen LogP contribution >= 0.6 is 11.8 Å². The third-order valence-electron chi connectivity index (χ3n) is 5.66. The number of carbonyl (C=O) groups excluding carboxylic acids is 1. The molecule has 2 rings (SSSR count). The van der Waals surface area contributed by atoms with Gasteiger partial charge in [-0.05, 0) is 54.5 Å². The summed E-state index contributed by atoms with van der Waals surface area (Å²) in [4.78, 5) is 23.4. The smallest absolute Gasteiger partial charge is 0.303 e. The van der Waals surface area contributed by atoms with Gasteiger partial charge in [-0.15, -0.1) is 0 Å². The first-order valence-corrected chi connectivity index (χ1v) is 13.8. The van der Waals surface area contributed by atoms with Gasteiger partial charge >= 0.3 is 5.97 Å². The van der Waals surface area contributed by atoms with Gasteiger partial charge < -0.3 is 15.2 Å². The number of thioether (sulfide) groups is 1. The molecule has 1 amide bonds. The van der Waals surface area contributed by atoms with E-state index in [1.165, 1.54) is 44.3 Å². The average molecular weight is 486 g/mol. The zero-order chi connectivity index (χ0) is 24.4. The fourth-order valence-corrected chi connectivity index (χ4v) is 4.27. The lowest BCUT2D eigenvalue weighted by atomic mass is 10.0. The van der Waals surface area contributed by atoms with Gasteiger partial charge in [-0.3, -0.25) is 9.59 Å². The van der Waals surface area contributed by atoms with Gasteiger partial charge in [0.2, 0.25) is 5.91 Å². The first-order chi connectivity index (χ1) is 16.6. The number of benzene rings is 2. The van der Waals surface area contributed by atoms with Gasteiger partial charge in [0.15, 0.2) is 0 Å². The Balaban J connectivity index is 1.83. The highest BCUT2D eigenvalue weighted by atomic mass is 32.2. The van der Waals surface area contributed by atoms with Crippen molar-refractivity contribution in [3.05, 3.63) is 48.5 Å². The SMILES string of the molecule is CSCCCCCCCCCCC(=O)Nc1cc(-c2ccccc2)ccc1OCCCC(=O)O. The fraction of sp³-hybridized carbons (Fsp3) is 0.500. The number of carboxylic acid groups (broad SMARTS) is 1. The molecule has 0 aliphatic carbocycles. The largest absolute Gasteiger partial charge is 0.491 e. The van der Waals surface area contributed by atoms with Gasteiger partial charge in [0.25, 0.3) is 0 Å². The second-order valence-electron chi connectivity index (χ2n) is 8.54. The lowest BCUT2D eigenvalue weighted by Crippen LogP contribution is -2.13. The summed E-state index contributed by atoms with van der Waals surface area (Å²) in [5, 5.41) is 11.8. The van der Waals surface area contributed by atoms with Crippen molar-refractivity contribution < 1.29 is 19.4 Å². The molecule has 0 aromatic heterocycles. The Labute approximate surface area is 208 Å². The zero-order valence-electron chi connectivity index (χ0n) is 20.4. The number of anilines is 1. The van der Waals surface area contributed by atoms with Crippen LogP contribution in [0.25, 0.3) is 11.1 Å². The van der Waals surface area contributed by atoms with E-state index >= 15 is 0 Å². The minimum absolute atomic E-state index is 0.0161. The Morgan fingerprint density at radius 2 is 1.50 bits per heavy atom. The summed E-state index contributed by atoms with van der Waals surface area (Å²) in [6.45, 7) is 0.289. The van der Waals surface area contributed by atoms with Gasteiger partial charge in [-0.1, -0.05) is 74.9 Å². The van der Waals surface area contributed by atoms with E-state index in [1.807, 2.05) is 60.3 Å². The average Bonchev–Trinajstić information content (AvgIpc) is 2.84. The summed E-state index contributed by atoms with van der Waals surface area (Å²) in [5.74, 6) is 0.975. The van der Waals surface area contributed by atoms with Crippen molar-refractivity contribution in [2.45, 2.75) is 70.6 Å². The molecule has 0 radical (unpaired) electrons. The Hall–Kier alpha value is -2.47. The van der Waals surface area contributed by atoms with Crippen molar-refractivity contribution in [2.24, 2.45) is 0 Å². The van der Waals surface area contributed by atoms with Crippen LogP contribution in [0.4, 0.5) is 5.69 Å². The normalized spacial score (nSPS) is 10.7. The van der Waals surface area contributed by atoms with Gasteiger partial charge in [-0.25, -0.2) is 0 Å². The Kier molecular flexibility index (Phi) is 13.9. The summed E-state index contributed by atoms with van der Waals surface area (Å²) >= 11 is 1.92. The minimum Gasteiger partial charge on any atom is -0.491 e. The molecule has 186 valence electrons. The standard InChI is InChI=1S/C28H39NO4S/c1-34-21-12-7-5-3-2-4-6-11-16-27(30)29-25-22-24(23-14-9-8-10-15-23)18-19-26(25)33-20-13-17-28(31)32/h8-10,14-15,18-19,22H,2-7,11-13,16-17,20-21H2,1H3,(H,29,30)(H,31,32). The van der Waals surface area contributed by atoms with Crippen LogP contribution in [-0.2, 0) is 9.59 Å². The molecule has 5 nitrogen and oxygen atoms in total. The molecule has 0 aliphatic rings. The molecular weight excluding hydrogens is 446 g/mol. The molecule has 0 heterocycles. The van der Waals surface area contributed by atoms with Crippen molar-refractivity contribution in [1.82, 2.24) is 0 Å². The third kappa shape index (κ3) is 11.6. The molecule has 2 aromatic rings. The molecule has 6 heteroatoms. The maximum atomic E-state index is 12.6. The number of carbonyl (C=O) groups is 2. The summed E-state index contributed by atoms with van der Waals surface area (Å²) in [6, 6.07) is 15.7. The molecule has 0 saturated heterocycles. The van der Waals surface area contributed by atoms with Crippen molar-refractivity contribution in [3.63, 3.8) is 0 Å². The highest BCUT2D eigenvalue weighted by molar-refractivity contribution is 7.98. The van der Waals surface area contributed by atoms with Crippen LogP contribution in [0.1, 0.15) is 70.6 Å². The summed E-state index contributed by atoms with van der Waals surface area (Å²) in [7, 11) is 0. The highest BCUT2D eigenvalue weighted by Gasteiger charge is 2.11. The third-order valence-corrected chi connectivity index (χ3v) is 6.35. The van der Waals surface area contributed by atoms with Crippen molar-refractivity contribution in [3.8, 4) is 16.9 Å². The lowest BCUT2D eigenvalue weighted by Gasteiger charge is -2.14. The van der Waals surface area contributed by atoms with Crippen LogP contribution < -0.4 is 10.1 Å². The molecule has 0 fully saturated rings. The quantitative estimate of drug-likeness (QED) is 0.215. The van der Waals surface area contributed by atoms with E-state index < -0.39 is 5.97 Å². The predicted octanol–water partition coefficient (Wildman–Crippen LogP) is 7.41. The van der Waals surface area contributed by atoms with Crippen LogP contribution in [0.2, 0.25) is 0 Å². The summed E-state index contributed by atoms with van der Waals surface area (Å²) in [6.07, 6.45) is 12.7. The molecule has 0 aliphatic heterocycles. The minimum atomic E-state index is -0.841. The first-order valence-electron chi connectivity index (χ1n) is 12.4. The molecule has 0 bridgehead atoms. The van der Waals surface area contributed by atoms with Crippen LogP contribution in [0, 0.1) is 0 Å². The Bertz CT molecular complexity index is 857. The Morgan fingerprint density at radius 1 is 0.824 bits per heavy atom. The lowest BCUT2D eigenvalue weighted by molar-refractivity contribution is -0.137. The molecule has 0 spiro atoms. The molecule has 2 aromatic carbocycles. The number of amides is 1. The predicted molar refractivity (Wildman–Crippen MR) is 143 cm³/mol. The second-order valence-corrected chi connectivity index (χ2v) is 9.53. The zero-order valence-corrected chi connectivity index (χ0v) is 21.2. The number of hydrogen-bond acceptors (Lipinski definition) is 4. The highest BCUT2D eigenvalue weighted by Crippen LogP contribution is 2.31. The van der Waals surface area contributed by atoms with Crippen molar-refractivity contribution >= 4 is 29.3 Å². The maximum absolute atomic E-state index is 12.6.